The summed E-state index contributed by atoms with van der Waals surface area (Å²) in [5.74, 6) is 0.0568. The van der Waals surface area contributed by atoms with Crippen molar-refractivity contribution < 1.29 is 5.11 Å². The van der Waals surface area contributed by atoms with Gasteiger partial charge in [-0.05, 0) is 38.6 Å². The lowest BCUT2D eigenvalue weighted by molar-refractivity contribution is 0.231. The lowest BCUT2D eigenvalue weighted by Gasteiger charge is -2.13. The van der Waals surface area contributed by atoms with E-state index in [1.807, 2.05) is 56.3 Å². The minimum Gasteiger partial charge on any atom is -0.395 e. The molecule has 4 N–H and O–H groups in total. The monoisotopic (exact) mass is 419 g/mol. The molecular formula is C22H25N7O2. The van der Waals surface area contributed by atoms with Crippen LogP contribution >= 0.6 is 0 Å². The number of nitrogens with two attached hydrogens (primary N) is 1. The first-order valence-electron chi connectivity index (χ1n) is 10.0. The molecule has 0 amide bonds. The van der Waals surface area contributed by atoms with Gasteiger partial charge in [0.2, 0.25) is 5.95 Å². The molecule has 1 atom stereocenters. The number of fused-ring (bicyclic) bond motifs is 1. The molecule has 160 valence electrons. The molecule has 0 aliphatic heterocycles. The number of aliphatic hydroxyl groups excluding tert-OH is 1. The summed E-state index contributed by atoms with van der Waals surface area (Å²) in [5.41, 5.74) is 11.0. The third-order valence-corrected chi connectivity index (χ3v) is 5.19. The summed E-state index contributed by atoms with van der Waals surface area (Å²) in [6.45, 7) is 3.91. The van der Waals surface area contributed by atoms with E-state index in [-0.39, 0.29) is 25.1 Å². The maximum Gasteiger partial charge on any atom is 0.353 e. The molecule has 0 fully saturated rings. The summed E-state index contributed by atoms with van der Waals surface area (Å²) in [4.78, 5) is 22.2. The van der Waals surface area contributed by atoms with Crippen molar-refractivity contribution in [2.75, 3.05) is 19.4 Å². The number of aromatic nitrogens is 5. The molecule has 4 rings (SSSR count). The topological polar surface area (TPSA) is 123 Å². The van der Waals surface area contributed by atoms with Gasteiger partial charge in [-0.2, -0.15) is 0 Å². The van der Waals surface area contributed by atoms with Crippen LogP contribution in [0.15, 0.2) is 47.3 Å². The van der Waals surface area contributed by atoms with E-state index in [4.69, 9.17) is 5.73 Å². The van der Waals surface area contributed by atoms with Crippen LogP contribution < -0.4 is 16.7 Å². The van der Waals surface area contributed by atoms with Crippen LogP contribution in [0.25, 0.3) is 28.0 Å². The molecule has 3 aromatic heterocycles. The Morgan fingerprint density at radius 1 is 1.10 bits per heavy atom. The largest absolute Gasteiger partial charge is 0.395 e. The van der Waals surface area contributed by atoms with Gasteiger partial charge >= 0.3 is 5.69 Å². The average molecular weight is 419 g/mol. The van der Waals surface area contributed by atoms with Gasteiger partial charge in [-0.15, -0.1) is 5.10 Å². The van der Waals surface area contributed by atoms with Gasteiger partial charge in [0.25, 0.3) is 0 Å². The third-order valence-electron chi connectivity index (χ3n) is 5.19. The lowest BCUT2D eigenvalue weighted by Crippen LogP contribution is -2.37. The number of nitrogen functional groups attached to an aromatic ring is 1. The van der Waals surface area contributed by atoms with Gasteiger partial charge in [-0.1, -0.05) is 30.3 Å². The molecular weight excluding hydrogens is 394 g/mol. The van der Waals surface area contributed by atoms with E-state index in [1.54, 1.807) is 7.05 Å². The predicted octanol–water partition coefficient (Wildman–Crippen LogP) is 1.40. The number of aryl methyl sites for hydroxylation is 2. The maximum atomic E-state index is 13.1. The van der Waals surface area contributed by atoms with Crippen LogP contribution in [0.3, 0.4) is 0 Å². The smallest absolute Gasteiger partial charge is 0.353 e. The molecule has 3 heterocycles. The molecule has 0 saturated heterocycles. The zero-order chi connectivity index (χ0) is 22.1. The summed E-state index contributed by atoms with van der Waals surface area (Å²) in [5, 5.41) is 17.1. The van der Waals surface area contributed by atoms with Crippen molar-refractivity contribution in [1.82, 2.24) is 29.5 Å². The van der Waals surface area contributed by atoms with Crippen molar-refractivity contribution in [1.29, 1.82) is 0 Å². The molecule has 1 aromatic carbocycles. The molecule has 0 radical (unpaired) electrons. The molecule has 4 aromatic rings. The van der Waals surface area contributed by atoms with E-state index in [0.29, 0.717) is 16.9 Å². The van der Waals surface area contributed by atoms with Gasteiger partial charge in [0.1, 0.15) is 0 Å². The molecule has 0 saturated carbocycles. The highest BCUT2D eigenvalue weighted by atomic mass is 16.3. The molecule has 9 nitrogen and oxygen atoms in total. The van der Waals surface area contributed by atoms with E-state index in [0.717, 1.165) is 22.5 Å². The Kier molecular flexibility index (Phi) is 5.53. The zero-order valence-electron chi connectivity index (χ0n) is 17.7. The van der Waals surface area contributed by atoms with E-state index < -0.39 is 5.69 Å². The standard InChI is InChI=1S/C22H25N7O2/c1-13-9-16(10-14(2)25-13)18-19(15-7-5-4-6-8-15)26-21(23)29-20(18)27-28(22(29)31)11-17(12-30)24-3/h4-10,17,24,30H,11-12H2,1-3H3,(H2,23,26)/t17-/m1/s1. The van der Waals surface area contributed by atoms with E-state index in [9.17, 15) is 9.90 Å². The number of likely N-dealkylation sites (N-methyl/N-ethyl adjacent to an activating group) is 1. The number of hydrogen-bond acceptors (Lipinski definition) is 7. The molecule has 0 unspecified atom stereocenters. The van der Waals surface area contributed by atoms with Gasteiger partial charge in [0.15, 0.2) is 5.65 Å². The van der Waals surface area contributed by atoms with Crippen LogP contribution in [0.2, 0.25) is 0 Å². The Morgan fingerprint density at radius 2 is 1.77 bits per heavy atom. The Labute approximate surface area is 179 Å². The number of nitrogens with zero attached hydrogens (tertiary/aromatic N) is 5. The van der Waals surface area contributed by atoms with E-state index >= 15 is 0 Å². The van der Waals surface area contributed by atoms with Crippen molar-refractivity contribution in [3.05, 3.63) is 64.3 Å². The van der Waals surface area contributed by atoms with Gasteiger partial charge in [-0.3, -0.25) is 4.98 Å². The van der Waals surface area contributed by atoms with E-state index in [2.05, 4.69) is 20.4 Å². The number of hydrogen-bond donors (Lipinski definition) is 3. The minimum atomic E-state index is -0.405. The average Bonchev–Trinajstić information content (AvgIpc) is 3.08. The molecule has 31 heavy (non-hydrogen) atoms. The maximum absolute atomic E-state index is 13.1. The van der Waals surface area contributed by atoms with Gasteiger partial charge in [0.05, 0.1) is 24.4 Å². The number of rotatable bonds is 6. The van der Waals surface area contributed by atoms with E-state index in [1.165, 1.54) is 9.08 Å². The Bertz CT molecular complexity index is 1270. The first-order chi connectivity index (χ1) is 14.9. The molecule has 0 spiro atoms. The highest BCUT2D eigenvalue weighted by Crippen LogP contribution is 2.34. The van der Waals surface area contributed by atoms with Gasteiger partial charge in [-0.25, -0.2) is 18.9 Å². The summed E-state index contributed by atoms with van der Waals surface area (Å²) >= 11 is 0. The summed E-state index contributed by atoms with van der Waals surface area (Å²) < 4.78 is 2.63. The van der Waals surface area contributed by atoms with Crippen LogP contribution in [-0.4, -0.2) is 49.0 Å². The van der Waals surface area contributed by atoms with Crippen molar-refractivity contribution in [3.63, 3.8) is 0 Å². The van der Waals surface area contributed by atoms with Gasteiger partial charge in [0, 0.05) is 23.0 Å². The Hall–Kier alpha value is -3.56. The first kappa shape index (κ1) is 20.7. The van der Waals surface area contributed by atoms with Crippen molar-refractivity contribution in [2.24, 2.45) is 0 Å². The summed E-state index contributed by atoms with van der Waals surface area (Å²) in [7, 11) is 1.72. The van der Waals surface area contributed by atoms with Crippen LogP contribution in [0, 0.1) is 13.8 Å². The summed E-state index contributed by atoms with van der Waals surface area (Å²) in [6, 6.07) is 13.2. The molecule has 0 aliphatic carbocycles. The predicted molar refractivity (Wildman–Crippen MR) is 120 cm³/mol. The first-order valence-corrected chi connectivity index (χ1v) is 10.0. The second kappa shape index (κ2) is 8.29. The fourth-order valence-corrected chi connectivity index (χ4v) is 3.72. The quantitative estimate of drug-likeness (QED) is 0.432. The van der Waals surface area contributed by atoms with Crippen molar-refractivity contribution in [3.8, 4) is 22.4 Å². The van der Waals surface area contributed by atoms with Crippen LogP contribution in [0.1, 0.15) is 11.4 Å². The molecule has 9 heteroatoms. The fraction of sp³-hybridized carbons (Fsp3) is 0.273. The number of nitrogens with one attached hydrogen (secondary N) is 1. The van der Waals surface area contributed by atoms with Crippen LogP contribution in [0.5, 0.6) is 0 Å². The highest BCUT2D eigenvalue weighted by Gasteiger charge is 2.22. The number of aliphatic hydroxyl groups is 1. The highest BCUT2D eigenvalue weighted by molar-refractivity contribution is 5.90. The number of benzene rings is 1. The Balaban J connectivity index is 2.07. The number of pyridine rings is 1. The van der Waals surface area contributed by atoms with Crippen LogP contribution in [-0.2, 0) is 6.54 Å². The lowest BCUT2D eigenvalue weighted by atomic mass is 9.99. The second-order valence-electron chi connectivity index (χ2n) is 7.49. The minimum absolute atomic E-state index is 0.0568. The molecule has 0 aliphatic rings. The van der Waals surface area contributed by atoms with Crippen molar-refractivity contribution >= 4 is 11.6 Å². The molecule has 0 bridgehead atoms. The van der Waals surface area contributed by atoms with Crippen LogP contribution in [0.4, 0.5) is 5.95 Å². The summed E-state index contributed by atoms with van der Waals surface area (Å²) in [6.07, 6.45) is 0. The zero-order valence-corrected chi connectivity index (χ0v) is 17.7. The third kappa shape index (κ3) is 3.80. The van der Waals surface area contributed by atoms with Gasteiger partial charge < -0.3 is 16.2 Å². The normalized spacial score (nSPS) is 12.4. The number of anilines is 1. The van der Waals surface area contributed by atoms with Crippen molar-refractivity contribution in [2.45, 2.75) is 26.4 Å². The fourth-order valence-electron chi connectivity index (χ4n) is 3.72. The second-order valence-corrected chi connectivity index (χ2v) is 7.49. The SMILES string of the molecule is CN[C@@H](CO)Cn1nc2c(-c3cc(C)nc(C)c3)c(-c3ccccc3)nc(N)n2c1=O. The Morgan fingerprint density at radius 3 is 2.39 bits per heavy atom.